The van der Waals surface area contributed by atoms with Gasteiger partial charge in [-0.05, 0) is 30.3 Å². The number of ketones is 1. The molecule has 3 nitrogen and oxygen atoms in total. The zero-order valence-electron chi connectivity index (χ0n) is 10.8. The van der Waals surface area contributed by atoms with Gasteiger partial charge in [0.05, 0.1) is 13.2 Å². The number of carbonyl (C=O) groups excluding carboxylic acids is 1. The molecule has 100 valence electrons. The van der Waals surface area contributed by atoms with Gasteiger partial charge >= 0.3 is 0 Å². The van der Waals surface area contributed by atoms with E-state index in [1.54, 1.807) is 48.5 Å². The van der Waals surface area contributed by atoms with Crippen LogP contribution in [0.25, 0.3) is 0 Å². The van der Waals surface area contributed by atoms with Crippen LogP contribution in [0.2, 0.25) is 5.02 Å². The van der Waals surface area contributed by atoms with Crippen LogP contribution in [0.3, 0.4) is 0 Å². The number of hydrogen-bond acceptors (Lipinski definition) is 3. The van der Waals surface area contributed by atoms with Crippen molar-refractivity contribution in [2.24, 2.45) is 0 Å². The molecule has 0 aromatic heterocycles. The van der Waals surface area contributed by atoms with Crippen LogP contribution in [0.1, 0.15) is 21.8 Å². The molecule has 0 spiro atoms. The van der Waals surface area contributed by atoms with Crippen LogP contribution in [0.4, 0.5) is 0 Å². The Morgan fingerprint density at radius 1 is 1.20 bits per heavy atom. The summed E-state index contributed by atoms with van der Waals surface area (Å²) in [5.74, 6) is -0.637. The van der Waals surface area contributed by atoms with Gasteiger partial charge in [-0.15, -0.1) is 0 Å². The van der Waals surface area contributed by atoms with E-state index in [0.717, 1.165) is 0 Å². The molecule has 0 aliphatic carbocycles. The summed E-state index contributed by atoms with van der Waals surface area (Å²) in [5, 5.41) is 9.88. The van der Waals surface area contributed by atoms with Crippen LogP contribution in [0.5, 0.6) is 5.75 Å². The summed E-state index contributed by atoms with van der Waals surface area (Å²) < 4.78 is 5.21. The molecule has 0 aliphatic heterocycles. The Labute approximate surface area is 122 Å². The first-order chi connectivity index (χ1) is 9.67. The molecule has 2 rings (SSSR count). The standard InChI is InChI=1S/C16H12ClNO2/c1-20-15-5-3-2-4-13(15)14(10-18)16(19)11-6-8-12(17)9-7-11/h2-9,14H,1H3. The minimum atomic E-state index is -0.896. The molecule has 0 saturated heterocycles. The smallest absolute Gasteiger partial charge is 0.184 e. The third-order valence-corrected chi connectivity index (χ3v) is 3.22. The Morgan fingerprint density at radius 3 is 2.45 bits per heavy atom. The van der Waals surface area contributed by atoms with Crippen molar-refractivity contribution in [1.82, 2.24) is 0 Å². The molecule has 20 heavy (non-hydrogen) atoms. The Kier molecular flexibility index (Phi) is 4.39. The van der Waals surface area contributed by atoms with E-state index in [9.17, 15) is 10.1 Å². The Morgan fingerprint density at radius 2 is 1.85 bits per heavy atom. The van der Waals surface area contributed by atoms with E-state index < -0.39 is 5.92 Å². The maximum atomic E-state index is 12.4. The van der Waals surface area contributed by atoms with Crippen LogP contribution >= 0.6 is 11.6 Å². The average molecular weight is 286 g/mol. The minimum Gasteiger partial charge on any atom is -0.496 e. The highest BCUT2D eigenvalue weighted by Crippen LogP contribution is 2.29. The zero-order chi connectivity index (χ0) is 14.5. The maximum absolute atomic E-state index is 12.4. The van der Waals surface area contributed by atoms with Crippen molar-refractivity contribution in [2.45, 2.75) is 5.92 Å². The molecule has 0 fully saturated rings. The molecule has 0 heterocycles. The molecule has 1 unspecified atom stereocenters. The fraction of sp³-hybridized carbons (Fsp3) is 0.125. The number of halogens is 1. The number of nitrogens with zero attached hydrogens (tertiary/aromatic N) is 1. The molecule has 0 aliphatic rings. The van der Waals surface area contributed by atoms with Gasteiger partial charge in [0.15, 0.2) is 5.78 Å². The second-order valence-electron chi connectivity index (χ2n) is 4.18. The molecule has 0 amide bonds. The Hall–Kier alpha value is -2.31. The van der Waals surface area contributed by atoms with Crippen LogP contribution in [-0.4, -0.2) is 12.9 Å². The lowest BCUT2D eigenvalue weighted by Crippen LogP contribution is -2.12. The molecular weight excluding hydrogens is 274 g/mol. The summed E-state index contributed by atoms with van der Waals surface area (Å²) in [6.45, 7) is 0. The van der Waals surface area contributed by atoms with Crippen molar-refractivity contribution in [3.63, 3.8) is 0 Å². The lowest BCUT2D eigenvalue weighted by atomic mass is 9.91. The highest BCUT2D eigenvalue weighted by Gasteiger charge is 2.24. The second-order valence-corrected chi connectivity index (χ2v) is 4.61. The number of methoxy groups -OCH3 is 1. The Balaban J connectivity index is 2.40. The van der Waals surface area contributed by atoms with E-state index >= 15 is 0 Å². The summed E-state index contributed by atoms with van der Waals surface area (Å²) >= 11 is 5.80. The molecule has 0 saturated carbocycles. The van der Waals surface area contributed by atoms with Crippen molar-refractivity contribution < 1.29 is 9.53 Å². The summed E-state index contributed by atoms with van der Waals surface area (Å²) in [7, 11) is 1.51. The van der Waals surface area contributed by atoms with Crippen LogP contribution < -0.4 is 4.74 Å². The molecule has 4 heteroatoms. The van der Waals surface area contributed by atoms with E-state index in [1.807, 2.05) is 6.07 Å². The van der Waals surface area contributed by atoms with E-state index in [4.69, 9.17) is 16.3 Å². The van der Waals surface area contributed by atoms with Gasteiger partial charge < -0.3 is 4.74 Å². The number of rotatable bonds is 4. The highest BCUT2D eigenvalue weighted by atomic mass is 35.5. The molecular formula is C16H12ClNO2. The van der Waals surface area contributed by atoms with E-state index in [0.29, 0.717) is 21.9 Å². The predicted octanol–water partition coefficient (Wildman–Crippen LogP) is 3.84. The molecule has 1 atom stereocenters. The van der Waals surface area contributed by atoms with Gasteiger partial charge in [-0.25, -0.2) is 0 Å². The lowest BCUT2D eigenvalue weighted by Gasteiger charge is -2.12. The van der Waals surface area contributed by atoms with Gasteiger partial charge in [-0.1, -0.05) is 29.8 Å². The van der Waals surface area contributed by atoms with Crippen molar-refractivity contribution in [3.05, 3.63) is 64.7 Å². The topological polar surface area (TPSA) is 50.1 Å². The number of Topliss-reactive ketones (excluding diaryl/α,β-unsaturated/α-hetero) is 1. The summed E-state index contributed by atoms with van der Waals surface area (Å²) in [5.41, 5.74) is 1.02. The first kappa shape index (κ1) is 14.1. The SMILES string of the molecule is COc1ccccc1C(C#N)C(=O)c1ccc(Cl)cc1. The minimum absolute atomic E-state index is 0.270. The summed E-state index contributed by atoms with van der Waals surface area (Å²) in [4.78, 5) is 12.4. The maximum Gasteiger partial charge on any atom is 0.184 e. The van der Waals surface area contributed by atoms with Gasteiger partial charge in [0, 0.05) is 16.1 Å². The number of benzene rings is 2. The Bertz CT molecular complexity index is 659. The normalized spacial score (nSPS) is 11.4. The third kappa shape index (κ3) is 2.81. The summed E-state index contributed by atoms with van der Waals surface area (Å²) in [6, 6.07) is 15.6. The van der Waals surface area contributed by atoms with Gasteiger partial charge in [0.2, 0.25) is 0 Å². The first-order valence-electron chi connectivity index (χ1n) is 5.99. The molecule has 0 N–H and O–H groups in total. The van der Waals surface area contributed by atoms with Crippen LogP contribution in [-0.2, 0) is 0 Å². The number of nitriles is 1. The summed E-state index contributed by atoms with van der Waals surface area (Å²) in [6.07, 6.45) is 0. The van der Waals surface area contributed by atoms with Gasteiger partial charge in [-0.2, -0.15) is 5.26 Å². The van der Waals surface area contributed by atoms with E-state index in [-0.39, 0.29) is 5.78 Å². The first-order valence-corrected chi connectivity index (χ1v) is 6.37. The molecule has 2 aromatic carbocycles. The zero-order valence-corrected chi connectivity index (χ0v) is 11.6. The second kappa shape index (κ2) is 6.23. The fourth-order valence-corrected chi connectivity index (χ4v) is 2.08. The number of carbonyl (C=O) groups is 1. The third-order valence-electron chi connectivity index (χ3n) is 2.97. The largest absolute Gasteiger partial charge is 0.496 e. The molecule has 0 radical (unpaired) electrons. The van der Waals surface area contributed by atoms with Crippen molar-refractivity contribution in [3.8, 4) is 11.8 Å². The molecule has 2 aromatic rings. The van der Waals surface area contributed by atoms with Crippen LogP contribution in [0.15, 0.2) is 48.5 Å². The van der Waals surface area contributed by atoms with Crippen molar-refractivity contribution >= 4 is 17.4 Å². The van der Waals surface area contributed by atoms with Gasteiger partial charge in [0.1, 0.15) is 11.7 Å². The lowest BCUT2D eigenvalue weighted by molar-refractivity contribution is 0.0978. The fourth-order valence-electron chi connectivity index (χ4n) is 1.96. The van der Waals surface area contributed by atoms with Crippen molar-refractivity contribution in [1.29, 1.82) is 5.26 Å². The number of ether oxygens (including phenoxy) is 1. The number of para-hydroxylation sites is 1. The average Bonchev–Trinajstić information content (AvgIpc) is 2.49. The predicted molar refractivity (Wildman–Crippen MR) is 77.1 cm³/mol. The van der Waals surface area contributed by atoms with E-state index in [2.05, 4.69) is 0 Å². The van der Waals surface area contributed by atoms with Gasteiger partial charge in [-0.3, -0.25) is 4.79 Å². The highest BCUT2D eigenvalue weighted by molar-refractivity contribution is 6.30. The monoisotopic (exact) mass is 285 g/mol. The number of hydrogen-bond donors (Lipinski definition) is 0. The quantitative estimate of drug-likeness (QED) is 0.802. The van der Waals surface area contributed by atoms with Crippen LogP contribution in [0, 0.1) is 11.3 Å². The van der Waals surface area contributed by atoms with E-state index in [1.165, 1.54) is 7.11 Å². The van der Waals surface area contributed by atoms with Crippen molar-refractivity contribution in [2.75, 3.05) is 7.11 Å². The van der Waals surface area contributed by atoms with Gasteiger partial charge in [0.25, 0.3) is 0 Å². The molecule has 0 bridgehead atoms.